The minimum atomic E-state index is -1.34. The number of benzene rings is 2. The van der Waals surface area contributed by atoms with Gasteiger partial charge in [-0.15, -0.1) is 0 Å². The summed E-state index contributed by atoms with van der Waals surface area (Å²) in [5.41, 5.74) is 1.08. The molecule has 29 heavy (non-hydrogen) atoms. The lowest BCUT2D eigenvalue weighted by Gasteiger charge is -2.17. The van der Waals surface area contributed by atoms with E-state index >= 15 is 0 Å². The molecule has 0 aliphatic rings. The molecule has 1 heterocycles. The maximum Gasteiger partial charge on any atom is 0.327 e. The number of urea groups is 1. The Balaban J connectivity index is 1.67. The van der Waals surface area contributed by atoms with Gasteiger partial charge in [-0.05, 0) is 43.4 Å². The van der Waals surface area contributed by atoms with E-state index in [0.29, 0.717) is 32.1 Å². The van der Waals surface area contributed by atoms with E-state index in [1.54, 1.807) is 62.6 Å². The fourth-order valence-corrected chi connectivity index (χ4v) is 3.67. The molecule has 2 aromatic carbocycles. The van der Waals surface area contributed by atoms with Crippen molar-refractivity contribution in [2.75, 3.05) is 24.3 Å². The van der Waals surface area contributed by atoms with Crippen LogP contribution in [0.2, 0.25) is 0 Å². The molecule has 3 rings (SSSR count). The topological polar surface area (TPSA) is 107 Å². The Labute approximate surface area is 174 Å². The van der Waals surface area contributed by atoms with Crippen molar-refractivity contribution in [3.8, 4) is 16.9 Å². The van der Waals surface area contributed by atoms with Crippen molar-refractivity contribution in [2.24, 2.45) is 0 Å². The molecule has 0 saturated carbocycles. The van der Waals surface area contributed by atoms with Gasteiger partial charge in [-0.2, -0.15) is 5.26 Å². The highest BCUT2D eigenvalue weighted by molar-refractivity contribution is 7.83. The number of hydrogen-bond acceptors (Lipinski definition) is 6. The van der Waals surface area contributed by atoms with Crippen molar-refractivity contribution in [1.29, 1.82) is 5.26 Å². The highest BCUT2D eigenvalue weighted by Crippen LogP contribution is 2.31. The third kappa shape index (κ3) is 5.17. The molecule has 8 nitrogen and oxygen atoms in total. The van der Waals surface area contributed by atoms with E-state index in [0.717, 1.165) is 11.3 Å². The Morgan fingerprint density at radius 2 is 2.07 bits per heavy atom. The van der Waals surface area contributed by atoms with Gasteiger partial charge in [0.25, 0.3) is 0 Å². The van der Waals surface area contributed by atoms with E-state index in [1.807, 2.05) is 6.07 Å². The van der Waals surface area contributed by atoms with Crippen molar-refractivity contribution >= 4 is 39.2 Å². The van der Waals surface area contributed by atoms with Crippen LogP contribution in [0.3, 0.4) is 0 Å². The number of rotatable bonds is 6. The van der Waals surface area contributed by atoms with Crippen LogP contribution in [0.25, 0.3) is 0 Å². The van der Waals surface area contributed by atoms with Crippen molar-refractivity contribution in [2.45, 2.75) is 4.90 Å². The second kappa shape index (κ2) is 9.29. The number of nitrogens with zero attached hydrogens (tertiary/aromatic N) is 3. The maximum atomic E-state index is 12.5. The molecule has 0 bridgehead atoms. The van der Waals surface area contributed by atoms with Crippen molar-refractivity contribution < 1.29 is 13.7 Å². The Morgan fingerprint density at radius 3 is 2.83 bits per heavy atom. The van der Waals surface area contributed by atoms with Crippen LogP contribution in [0.1, 0.15) is 5.56 Å². The molecule has 10 heteroatoms. The molecule has 2 N–H and O–H groups in total. The normalized spacial score (nSPS) is 11.3. The molecule has 148 valence electrons. The van der Waals surface area contributed by atoms with Crippen LogP contribution >= 0.6 is 11.3 Å². The predicted octanol–water partition coefficient (Wildman–Crippen LogP) is 3.72. The first-order chi connectivity index (χ1) is 14.0. The first-order valence-corrected chi connectivity index (χ1v) is 10.3. The SMILES string of the molecule is CNS(=O)c1cccc(N(C)C(=O)Nc2ncc(Oc3cccc(C#N)c3)s2)c1. The molecule has 0 aliphatic heterocycles. The molecular weight excluding hydrogens is 410 g/mol. The summed E-state index contributed by atoms with van der Waals surface area (Å²) in [5, 5.41) is 12.5. The summed E-state index contributed by atoms with van der Waals surface area (Å²) in [6.07, 6.45) is 1.50. The van der Waals surface area contributed by atoms with E-state index < -0.39 is 17.0 Å². The van der Waals surface area contributed by atoms with Crippen LogP contribution in [0.15, 0.2) is 59.6 Å². The number of hydrogen-bond donors (Lipinski definition) is 2. The van der Waals surface area contributed by atoms with E-state index in [4.69, 9.17) is 10.00 Å². The van der Waals surface area contributed by atoms with Gasteiger partial charge >= 0.3 is 6.03 Å². The average molecular weight is 428 g/mol. The summed E-state index contributed by atoms with van der Waals surface area (Å²) >= 11 is 1.16. The lowest BCUT2D eigenvalue weighted by Crippen LogP contribution is -2.31. The van der Waals surface area contributed by atoms with E-state index in [9.17, 15) is 9.00 Å². The smallest absolute Gasteiger partial charge is 0.327 e. The molecule has 3 aromatic rings. The summed E-state index contributed by atoms with van der Waals surface area (Å²) < 4.78 is 20.2. The van der Waals surface area contributed by atoms with Crippen LogP contribution in [0.5, 0.6) is 10.8 Å². The van der Waals surface area contributed by atoms with Crippen molar-refractivity contribution in [1.82, 2.24) is 9.71 Å². The zero-order valence-electron chi connectivity index (χ0n) is 15.6. The molecule has 0 radical (unpaired) electrons. The third-order valence-electron chi connectivity index (χ3n) is 3.79. The van der Waals surface area contributed by atoms with Gasteiger partial charge in [-0.1, -0.05) is 23.5 Å². The van der Waals surface area contributed by atoms with Crippen molar-refractivity contribution in [3.05, 3.63) is 60.3 Å². The molecule has 1 atom stereocenters. The minimum absolute atomic E-state index is 0.364. The first-order valence-electron chi connectivity index (χ1n) is 8.38. The Bertz CT molecular complexity index is 1090. The summed E-state index contributed by atoms with van der Waals surface area (Å²) in [5.74, 6) is 0.511. The fourth-order valence-electron chi connectivity index (χ4n) is 2.33. The lowest BCUT2D eigenvalue weighted by atomic mass is 10.2. The van der Waals surface area contributed by atoms with E-state index in [2.05, 4.69) is 15.0 Å². The summed E-state index contributed by atoms with van der Waals surface area (Å²) in [4.78, 5) is 18.6. The predicted molar refractivity (Wildman–Crippen MR) is 113 cm³/mol. The molecule has 1 unspecified atom stereocenters. The third-order valence-corrected chi connectivity index (χ3v) is 5.63. The second-order valence-corrected chi connectivity index (χ2v) is 8.10. The number of aromatic nitrogens is 1. The van der Waals surface area contributed by atoms with Gasteiger partial charge in [0, 0.05) is 12.7 Å². The number of nitriles is 1. The molecule has 1 aromatic heterocycles. The first kappa shape index (κ1) is 20.5. The quantitative estimate of drug-likeness (QED) is 0.623. The number of ether oxygens (including phenoxy) is 1. The van der Waals surface area contributed by atoms with Gasteiger partial charge in [0.1, 0.15) is 16.7 Å². The Morgan fingerprint density at radius 1 is 1.28 bits per heavy atom. The maximum absolute atomic E-state index is 12.5. The van der Waals surface area contributed by atoms with Gasteiger partial charge in [0.2, 0.25) is 5.06 Å². The Hall–Kier alpha value is -3.26. The van der Waals surface area contributed by atoms with Crippen molar-refractivity contribution in [3.63, 3.8) is 0 Å². The number of thiazole rings is 1. The second-order valence-electron chi connectivity index (χ2n) is 5.69. The lowest BCUT2D eigenvalue weighted by molar-refractivity contribution is 0.258. The molecule has 0 saturated heterocycles. The Kier molecular flexibility index (Phi) is 6.56. The zero-order chi connectivity index (χ0) is 20.8. The van der Waals surface area contributed by atoms with Crippen LogP contribution in [-0.2, 0) is 11.0 Å². The molecule has 0 aliphatic carbocycles. The van der Waals surface area contributed by atoms with Crippen LogP contribution in [-0.4, -0.2) is 29.3 Å². The summed E-state index contributed by atoms with van der Waals surface area (Å²) in [6.45, 7) is 0. The monoisotopic (exact) mass is 427 g/mol. The standard InChI is InChI=1S/C19H17N5O3S2/c1-21-29(26)16-8-4-6-14(10-16)24(2)19(25)23-18-22-12-17(28-18)27-15-7-3-5-13(9-15)11-20/h3-10,12,21H,1-2H3,(H,22,23,25). The summed E-state index contributed by atoms with van der Waals surface area (Å²) in [6, 6.07) is 15.3. The average Bonchev–Trinajstić information content (AvgIpc) is 3.19. The number of anilines is 2. The highest BCUT2D eigenvalue weighted by atomic mass is 32.2. The minimum Gasteiger partial charge on any atom is -0.445 e. The number of carbonyl (C=O) groups is 1. The van der Waals surface area contributed by atoms with Gasteiger partial charge in [-0.3, -0.25) is 10.2 Å². The molecular formula is C19H17N5O3S2. The van der Waals surface area contributed by atoms with Crippen LogP contribution in [0.4, 0.5) is 15.6 Å². The molecule has 0 fully saturated rings. The number of carbonyl (C=O) groups excluding carboxylic acids is 1. The number of amides is 2. The molecule has 0 spiro atoms. The number of nitrogens with one attached hydrogen (secondary N) is 2. The van der Waals surface area contributed by atoms with Gasteiger partial charge in [0.05, 0.1) is 22.7 Å². The fraction of sp³-hybridized carbons (Fsp3) is 0.105. The molecule has 2 amide bonds. The van der Waals surface area contributed by atoms with E-state index in [1.165, 1.54) is 11.1 Å². The highest BCUT2D eigenvalue weighted by Gasteiger charge is 2.15. The van der Waals surface area contributed by atoms with Gasteiger partial charge in [-0.25, -0.2) is 18.7 Å². The zero-order valence-corrected chi connectivity index (χ0v) is 17.2. The largest absolute Gasteiger partial charge is 0.445 e. The van der Waals surface area contributed by atoms with Crippen LogP contribution in [0, 0.1) is 11.3 Å². The van der Waals surface area contributed by atoms with Crippen LogP contribution < -0.4 is 19.7 Å². The summed E-state index contributed by atoms with van der Waals surface area (Å²) in [7, 11) is 1.86. The van der Waals surface area contributed by atoms with Gasteiger partial charge in [0.15, 0.2) is 5.13 Å². The van der Waals surface area contributed by atoms with E-state index in [-0.39, 0.29) is 0 Å². The van der Waals surface area contributed by atoms with Gasteiger partial charge < -0.3 is 4.74 Å².